The predicted molar refractivity (Wildman–Crippen MR) is 102 cm³/mol. The zero-order chi connectivity index (χ0) is 18.5. The maximum Gasteiger partial charge on any atom is 0.227 e. The van der Waals surface area contributed by atoms with Crippen LogP contribution in [-0.2, 0) is 17.6 Å². The van der Waals surface area contributed by atoms with E-state index in [1.165, 1.54) is 5.56 Å². The highest BCUT2D eigenvalue weighted by atomic mass is 16.5. The molecule has 138 valence electrons. The van der Waals surface area contributed by atoms with Crippen molar-refractivity contribution in [2.75, 3.05) is 32.8 Å². The Bertz CT molecular complexity index is 762. The lowest BCUT2D eigenvalue weighted by molar-refractivity contribution is -0.118. The summed E-state index contributed by atoms with van der Waals surface area (Å²) in [6.07, 6.45) is 3.10. The van der Waals surface area contributed by atoms with Crippen LogP contribution in [0.25, 0.3) is 0 Å². The molecule has 1 aliphatic rings. The molecule has 0 aliphatic carbocycles. The SMILES string of the molecule is COc1cc(CCC(=O)N2CCCc3ccccc32)cc(OC)c1OC. The maximum absolute atomic E-state index is 12.8. The number of aryl methyl sites for hydroxylation is 2. The van der Waals surface area contributed by atoms with Gasteiger partial charge in [0, 0.05) is 18.7 Å². The Kier molecular flexibility index (Phi) is 5.66. The Hall–Kier alpha value is -2.69. The Morgan fingerprint density at radius 3 is 2.38 bits per heavy atom. The van der Waals surface area contributed by atoms with Crippen molar-refractivity contribution >= 4 is 11.6 Å². The van der Waals surface area contributed by atoms with Gasteiger partial charge in [-0.3, -0.25) is 4.79 Å². The van der Waals surface area contributed by atoms with E-state index in [4.69, 9.17) is 14.2 Å². The van der Waals surface area contributed by atoms with Crippen LogP contribution in [0.5, 0.6) is 17.2 Å². The van der Waals surface area contributed by atoms with Crippen molar-refractivity contribution in [3.8, 4) is 17.2 Å². The fourth-order valence-corrected chi connectivity index (χ4v) is 3.46. The van der Waals surface area contributed by atoms with Gasteiger partial charge in [-0.15, -0.1) is 0 Å². The minimum Gasteiger partial charge on any atom is -0.493 e. The van der Waals surface area contributed by atoms with Gasteiger partial charge < -0.3 is 19.1 Å². The minimum atomic E-state index is 0.144. The number of amides is 1. The summed E-state index contributed by atoms with van der Waals surface area (Å²) in [6, 6.07) is 12.0. The second kappa shape index (κ2) is 8.13. The van der Waals surface area contributed by atoms with E-state index in [-0.39, 0.29) is 5.91 Å². The number of ether oxygens (including phenoxy) is 3. The molecule has 26 heavy (non-hydrogen) atoms. The lowest BCUT2D eigenvalue weighted by Crippen LogP contribution is -2.35. The molecule has 0 N–H and O–H groups in total. The lowest BCUT2D eigenvalue weighted by Gasteiger charge is -2.29. The van der Waals surface area contributed by atoms with E-state index in [9.17, 15) is 4.79 Å². The molecular formula is C21H25NO4. The molecule has 2 aromatic rings. The monoisotopic (exact) mass is 355 g/mol. The molecular weight excluding hydrogens is 330 g/mol. The number of hydrogen-bond acceptors (Lipinski definition) is 4. The van der Waals surface area contributed by atoms with Crippen LogP contribution in [0.2, 0.25) is 0 Å². The van der Waals surface area contributed by atoms with Gasteiger partial charge in [-0.25, -0.2) is 0 Å². The van der Waals surface area contributed by atoms with Crippen molar-refractivity contribution < 1.29 is 19.0 Å². The molecule has 0 spiro atoms. The number of rotatable bonds is 6. The summed E-state index contributed by atoms with van der Waals surface area (Å²) in [5, 5.41) is 0. The average molecular weight is 355 g/mol. The maximum atomic E-state index is 12.8. The Morgan fingerprint density at radius 2 is 1.73 bits per heavy atom. The highest BCUT2D eigenvalue weighted by Crippen LogP contribution is 2.38. The zero-order valence-electron chi connectivity index (χ0n) is 15.6. The highest BCUT2D eigenvalue weighted by Gasteiger charge is 2.22. The van der Waals surface area contributed by atoms with Crippen molar-refractivity contribution in [2.24, 2.45) is 0 Å². The summed E-state index contributed by atoms with van der Waals surface area (Å²) in [7, 11) is 4.77. The van der Waals surface area contributed by atoms with E-state index in [0.717, 1.165) is 30.6 Å². The lowest BCUT2D eigenvalue weighted by atomic mass is 10.0. The number of benzene rings is 2. The van der Waals surface area contributed by atoms with Crippen molar-refractivity contribution in [1.29, 1.82) is 0 Å². The van der Waals surface area contributed by atoms with Gasteiger partial charge in [-0.05, 0) is 48.6 Å². The zero-order valence-corrected chi connectivity index (χ0v) is 15.6. The fraction of sp³-hybridized carbons (Fsp3) is 0.381. The third-order valence-electron chi connectivity index (χ3n) is 4.76. The standard InChI is InChI=1S/C21H25NO4/c1-24-18-13-15(14-19(25-2)21(18)26-3)10-11-20(23)22-12-6-8-16-7-4-5-9-17(16)22/h4-5,7,9,13-14H,6,8,10-12H2,1-3H3. The molecule has 0 saturated carbocycles. The summed E-state index contributed by atoms with van der Waals surface area (Å²) in [5.41, 5.74) is 3.28. The Labute approximate surface area is 154 Å². The summed E-state index contributed by atoms with van der Waals surface area (Å²) >= 11 is 0. The molecule has 2 aromatic carbocycles. The summed E-state index contributed by atoms with van der Waals surface area (Å²) in [4.78, 5) is 14.7. The summed E-state index contributed by atoms with van der Waals surface area (Å²) in [6.45, 7) is 0.783. The molecule has 5 heteroatoms. The van der Waals surface area contributed by atoms with E-state index in [1.807, 2.05) is 35.2 Å². The van der Waals surface area contributed by atoms with E-state index in [0.29, 0.717) is 30.1 Å². The van der Waals surface area contributed by atoms with Crippen LogP contribution >= 0.6 is 0 Å². The summed E-state index contributed by atoms with van der Waals surface area (Å²) < 4.78 is 16.1. The number of carbonyl (C=O) groups excluding carboxylic acids is 1. The third-order valence-corrected chi connectivity index (χ3v) is 4.76. The Balaban J connectivity index is 1.74. The fourth-order valence-electron chi connectivity index (χ4n) is 3.46. The van der Waals surface area contributed by atoms with Crippen LogP contribution in [0.3, 0.4) is 0 Å². The Morgan fingerprint density at radius 1 is 1.04 bits per heavy atom. The highest BCUT2D eigenvalue weighted by molar-refractivity contribution is 5.94. The van der Waals surface area contributed by atoms with E-state index in [2.05, 4.69) is 6.07 Å². The first kappa shape index (κ1) is 18.1. The van der Waals surface area contributed by atoms with Gasteiger partial charge in [0.25, 0.3) is 0 Å². The van der Waals surface area contributed by atoms with Gasteiger partial charge >= 0.3 is 0 Å². The second-order valence-corrected chi connectivity index (χ2v) is 6.31. The van der Waals surface area contributed by atoms with Crippen LogP contribution in [0.4, 0.5) is 5.69 Å². The van der Waals surface area contributed by atoms with Gasteiger partial charge in [0.2, 0.25) is 11.7 Å². The van der Waals surface area contributed by atoms with Crippen molar-refractivity contribution in [2.45, 2.75) is 25.7 Å². The number of carbonyl (C=O) groups is 1. The van der Waals surface area contributed by atoms with Gasteiger partial charge in [-0.1, -0.05) is 18.2 Å². The van der Waals surface area contributed by atoms with Crippen LogP contribution in [-0.4, -0.2) is 33.8 Å². The molecule has 0 saturated heterocycles. The molecule has 0 unspecified atom stereocenters. The number of anilines is 1. The quantitative estimate of drug-likeness (QED) is 0.794. The molecule has 1 amide bonds. The van der Waals surface area contributed by atoms with Crippen molar-refractivity contribution in [3.63, 3.8) is 0 Å². The number of methoxy groups -OCH3 is 3. The van der Waals surface area contributed by atoms with Crippen LogP contribution in [0.15, 0.2) is 36.4 Å². The number of nitrogens with zero attached hydrogens (tertiary/aromatic N) is 1. The molecule has 0 fully saturated rings. The van der Waals surface area contributed by atoms with E-state index in [1.54, 1.807) is 21.3 Å². The largest absolute Gasteiger partial charge is 0.493 e. The number of hydrogen-bond donors (Lipinski definition) is 0. The van der Waals surface area contributed by atoms with Crippen LogP contribution in [0.1, 0.15) is 24.0 Å². The average Bonchev–Trinajstić information content (AvgIpc) is 2.70. The smallest absolute Gasteiger partial charge is 0.227 e. The van der Waals surface area contributed by atoms with Gasteiger partial charge in [0.05, 0.1) is 21.3 Å². The molecule has 1 aliphatic heterocycles. The van der Waals surface area contributed by atoms with E-state index < -0.39 is 0 Å². The van der Waals surface area contributed by atoms with Crippen molar-refractivity contribution in [1.82, 2.24) is 0 Å². The van der Waals surface area contributed by atoms with Crippen LogP contribution < -0.4 is 19.1 Å². The first-order valence-electron chi connectivity index (χ1n) is 8.85. The predicted octanol–water partition coefficient (Wildman–Crippen LogP) is 3.62. The van der Waals surface area contributed by atoms with Crippen molar-refractivity contribution in [3.05, 3.63) is 47.5 Å². The molecule has 0 atom stereocenters. The first-order chi connectivity index (χ1) is 12.7. The topological polar surface area (TPSA) is 48.0 Å². The molecule has 0 bridgehead atoms. The molecule has 0 aromatic heterocycles. The number of fused-ring (bicyclic) bond motifs is 1. The minimum absolute atomic E-state index is 0.144. The van der Waals surface area contributed by atoms with E-state index >= 15 is 0 Å². The van der Waals surface area contributed by atoms with Gasteiger partial charge in [0.1, 0.15) is 0 Å². The third kappa shape index (κ3) is 3.62. The summed E-state index contributed by atoms with van der Waals surface area (Å²) in [5.74, 6) is 1.93. The van der Waals surface area contributed by atoms with Gasteiger partial charge in [0.15, 0.2) is 11.5 Å². The number of para-hydroxylation sites is 1. The normalized spacial score (nSPS) is 13.1. The molecule has 5 nitrogen and oxygen atoms in total. The molecule has 3 rings (SSSR count). The molecule has 0 radical (unpaired) electrons. The molecule has 1 heterocycles. The van der Waals surface area contributed by atoms with Gasteiger partial charge in [-0.2, -0.15) is 0 Å². The van der Waals surface area contributed by atoms with Crippen LogP contribution in [0, 0.1) is 0 Å². The first-order valence-corrected chi connectivity index (χ1v) is 8.85. The second-order valence-electron chi connectivity index (χ2n) is 6.31.